The van der Waals surface area contributed by atoms with Gasteiger partial charge in [-0.3, -0.25) is 4.90 Å². The van der Waals surface area contributed by atoms with E-state index in [2.05, 4.69) is 22.0 Å². The number of benzene rings is 2. The number of rotatable bonds is 7. The van der Waals surface area contributed by atoms with Gasteiger partial charge >= 0.3 is 0 Å². The molecule has 0 atom stereocenters. The van der Waals surface area contributed by atoms with Crippen LogP contribution >= 0.6 is 11.6 Å². The Balaban J connectivity index is 1.74. The summed E-state index contributed by atoms with van der Waals surface area (Å²) in [4.78, 5) is 6.70. The molecule has 3 rings (SSSR count). The van der Waals surface area contributed by atoms with Crippen molar-refractivity contribution >= 4 is 11.6 Å². The number of nitrogens with zero attached hydrogens (tertiary/aromatic N) is 3. The maximum Gasteiger partial charge on any atom is 0.241 e. The van der Waals surface area contributed by atoms with Gasteiger partial charge in [-0.25, -0.2) is 0 Å². The highest BCUT2D eigenvalue weighted by Crippen LogP contribution is 2.27. The van der Waals surface area contributed by atoms with Crippen molar-refractivity contribution in [2.45, 2.75) is 20.0 Å². The molecule has 5 nitrogen and oxygen atoms in total. The molecule has 130 valence electrons. The summed E-state index contributed by atoms with van der Waals surface area (Å²) in [6.07, 6.45) is 0. The summed E-state index contributed by atoms with van der Waals surface area (Å²) < 4.78 is 10.8. The minimum Gasteiger partial charge on any atom is -0.496 e. The second-order valence-corrected chi connectivity index (χ2v) is 6.01. The zero-order valence-corrected chi connectivity index (χ0v) is 15.0. The molecular weight excluding hydrogens is 338 g/mol. The van der Waals surface area contributed by atoms with Crippen molar-refractivity contribution in [2.24, 2.45) is 0 Å². The first-order valence-corrected chi connectivity index (χ1v) is 8.50. The fourth-order valence-corrected chi connectivity index (χ4v) is 2.79. The van der Waals surface area contributed by atoms with E-state index in [9.17, 15) is 0 Å². The van der Waals surface area contributed by atoms with Crippen LogP contribution in [-0.2, 0) is 13.1 Å². The van der Waals surface area contributed by atoms with Crippen molar-refractivity contribution in [3.63, 3.8) is 0 Å². The summed E-state index contributed by atoms with van der Waals surface area (Å²) in [7, 11) is 1.63. The largest absolute Gasteiger partial charge is 0.496 e. The highest BCUT2D eigenvalue weighted by atomic mass is 35.5. The van der Waals surface area contributed by atoms with Crippen molar-refractivity contribution in [2.75, 3.05) is 13.7 Å². The maximum absolute atomic E-state index is 6.25. The molecule has 0 radical (unpaired) electrons. The Labute approximate surface area is 152 Å². The van der Waals surface area contributed by atoms with Gasteiger partial charge in [-0.1, -0.05) is 54.0 Å². The maximum atomic E-state index is 6.25. The van der Waals surface area contributed by atoms with Crippen LogP contribution in [0, 0.1) is 0 Å². The highest BCUT2D eigenvalue weighted by Gasteiger charge is 2.15. The van der Waals surface area contributed by atoms with Gasteiger partial charge in [0.2, 0.25) is 11.7 Å². The second kappa shape index (κ2) is 8.14. The molecule has 25 heavy (non-hydrogen) atoms. The first-order chi connectivity index (χ1) is 12.2. The van der Waals surface area contributed by atoms with Crippen LogP contribution in [0.4, 0.5) is 0 Å². The minimum atomic E-state index is 0.529. The number of para-hydroxylation sites is 1. The van der Waals surface area contributed by atoms with Crippen LogP contribution in [0.25, 0.3) is 11.4 Å². The lowest BCUT2D eigenvalue weighted by Gasteiger charge is -2.18. The Morgan fingerprint density at radius 2 is 1.84 bits per heavy atom. The van der Waals surface area contributed by atoms with Crippen molar-refractivity contribution in [1.82, 2.24) is 15.0 Å². The van der Waals surface area contributed by atoms with E-state index in [1.165, 1.54) is 0 Å². The number of hydrogen-bond acceptors (Lipinski definition) is 5. The lowest BCUT2D eigenvalue weighted by atomic mass is 10.2. The van der Waals surface area contributed by atoms with Crippen LogP contribution in [0.15, 0.2) is 53.1 Å². The summed E-state index contributed by atoms with van der Waals surface area (Å²) >= 11 is 6.25. The van der Waals surface area contributed by atoms with Gasteiger partial charge in [-0.2, -0.15) is 4.98 Å². The van der Waals surface area contributed by atoms with Crippen LogP contribution in [-0.4, -0.2) is 28.7 Å². The highest BCUT2D eigenvalue weighted by molar-refractivity contribution is 6.31. The molecule has 0 amide bonds. The van der Waals surface area contributed by atoms with E-state index in [1.807, 2.05) is 48.5 Å². The molecule has 2 aromatic carbocycles. The molecule has 0 unspecified atom stereocenters. The normalized spacial score (nSPS) is 11.0. The van der Waals surface area contributed by atoms with Crippen LogP contribution in [0.3, 0.4) is 0 Å². The molecule has 0 aliphatic heterocycles. The topological polar surface area (TPSA) is 51.4 Å². The average Bonchev–Trinajstić information content (AvgIpc) is 3.11. The van der Waals surface area contributed by atoms with E-state index in [0.717, 1.165) is 35.0 Å². The summed E-state index contributed by atoms with van der Waals surface area (Å²) in [6, 6.07) is 15.5. The van der Waals surface area contributed by atoms with Crippen molar-refractivity contribution in [1.29, 1.82) is 0 Å². The Kier molecular flexibility index (Phi) is 5.68. The SMILES string of the molecule is CCN(Cc1nc(-c2ccccc2OC)no1)Cc1ccccc1Cl. The fraction of sp³-hybridized carbons (Fsp3) is 0.263. The van der Waals surface area contributed by atoms with Crippen molar-refractivity contribution < 1.29 is 9.26 Å². The van der Waals surface area contributed by atoms with E-state index in [0.29, 0.717) is 18.3 Å². The van der Waals surface area contributed by atoms with E-state index < -0.39 is 0 Å². The quantitative estimate of drug-likeness (QED) is 0.626. The molecule has 3 aromatic rings. The van der Waals surface area contributed by atoms with Gasteiger partial charge in [-0.15, -0.1) is 0 Å². The lowest BCUT2D eigenvalue weighted by molar-refractivity contribution is 0.229. The zero-order valence-electron chi connectivity index (χ0n) is 14.3. The molecule has 0 fully saturated rings. The van der Waals surface area contributed by atoms with Crippen LogP contribution in [0.1, 0.15) is 18.4 Å². The molecule has 0 spiro atoms. The third-order valence-electron chi connectivity index (χ3n) is 3.97. The molecule has 0 N–H and O–H groups in total. The lowest BCUT2D eigenvalue weighted by Crippen LogP contribution is -2.22. The summed E-state index contributed by atoms with van der Waals surface area (Å²) in [5, 5.41) is 4.85. The van der Waals surface area contributed by atoms with Crippen LogP contribution in [0.5, 0.6) is 5.75 Å². The third kappa shape index (κ3) is 4.18. The molecule has 0 aliphatic rings. The van der Waals surface area contributed by atoms with E-state index in [4.69, 9.17) is 20.9 Å². The predicted octanol–water partition coefficient (Wildman–Crippen LogP) is 4.42. The molecular formula is C19H20ClN3O2. The van der Waals surface area contributed by atoms with Crippen LogP contribution in [0.2, 0.25) is 5.02 Å². The molecule has 0 bridgehead atoms. The van der Waals surface area contributed by atoms with Crippen LogP contribution < -0.4 is 4.74 Å². The monoisotopic (exact) mass is 357 g/mol. The Morgan fingerprint density at radius 1 is 1.08 bits per heavy atom. The summed E-state index contributed by atoms with van der Waals surface area (Å²) in [5.41, 5.74) is 1.89. The van der Waals surface area contributed by atoms with E-state index in [1.54, 1.807) is 7.11 Å². The smallest absolute Gasteiger partial charge is 0.241 e. The van der Waals surface area contributed by atoms with E-state index >= 15 is 0 Å². The average molecular weight is 358 g/mol. The molecule has 6 heteroatoms. The molecule has 0 saturated carbocycles. The van der Waals surface area contributed by atoms with Gasteiger partial charge in [0.05, 0.1) is 19.2 Å². The number of halogens is 1. The van der Waals surface area contributed by atoms with E-state index in [-0.39, 0.29) is 0 Å². The standard InChI is InChI=1S/C19H20ClN3O2/c1-3-23(12-14-8-4-6-10-16(14)20)13-18-21-19(22-25-18)15-9-5-7-11-17(15)24-2/h4-11H,3,12-13H2,1-2H3. The second-order valence-electron chi connectivity index (χ2n) is 5.61. The van der Waals surface area contributed by atoms with Gasteiger partial charge < -0.3 is 9.26 Å². The van der Waals surface area contributed by atoms with Crippen molar-refractivity contribution in [3.8, 4) is 17.1 Å². The van der Waals surface area contributed by atoms with Crippen molar-refractivity contribution in [3.05, 3.63) is 65.0 Å². The Morgan fingerprint density at radius 3 is 2.60 bits per heavy atom. The fourth-order valence-electron chi connectivity index (χ4n) is 2.60. The number of hydrogen-bond donors (Lipinski definition) is 0. The first-order valence-electron chi connectivity index (χ1n) is 8.13. The molecule has 0 aliphatic carbocycles. The van der Waals surface area contributed by atoms with Gasteiger partial charge in [0, 0.05) is 11.6 Å². The molecule has 1 aromatic heterocycles. The number of ether oxygens (including phenoxy) is 1. The van der Waals surface area contributed by atoms with Gasteiger partial charge in [0.25, 0.3) is 0 Å². The summed E-state index contributed by atoms with van der Waals surface area (Å²) in [5.74, 6) is 1.81. The first kappa shape index (κ1) is 17.5. The number of methoxy groups -OCH3 is 1. The third-order valence-corrected chi connectivity index (χ3v) is 4.34. The predicted molar refractivity (Wildman–Crippen MR) is 97.5 cm³/mol. The molecule has 0 saturated heterocycles. The Bertz CT molecular complexity index is 835. The zero-order chi connectivity index (χ0) is 17.6. The van der Waals surface area contributed by atoms with Gasteiger partial charge in [0.15, 0.2) is 0 Å². The Hall–Kier alpha value is -2.37. The minimum absolute atomic E-state index is 0.529. The summed E-state index contributed by atoms with van der Waals surface area (Å²) in [6.45, 7) is 4.22. The van der Waals surface area contributed by atoms with Gasteiger partial charge in [0.1, 0.15) is 5.75 Å². The number of aromatic nitrogens is 2. The van der Waals surface area contributed by atoms with Gasteiger partial charge in [-0.05, 0) is 30.3 Å². The molecule has 1 heterocycles.